The van der Waals surface area contributed by atoms with Crippen LogP contribution in [0, 0.1) is 0 Å². The number of rotatable bonds is 3. The van der Waals surface area contributed by atoms with Gasteiger partial charge < -0.3 is 9.15 Å². The molecule has 3 aromatic rings. The van der Waals surface area contributed by atoms with Gasteiger partial charge in [0.1, 0.15) is 11.6 Å². The number of carbonyl (C=O) groups is 1. The predicted molar refractivity (Wildman–Crippen MR) is 108 cm³/mol. The summed E-state index contributed by atoms with van der Waals surface area (Å²) in [7, 11) is 0. The third kappa shape index (κ3) is 3.28. The average molecular weight is 417 g/mol. The maximum Gasteiger partial charge on any atom is 0.338 e. The molecule has 1 aromatic heterocycles. The minimum atomic E-state index is -0.315. The van der Waals surface area contributed by atoms with E-state index in [1.165, 1.54) is 6.42 Å². The summed E-state index contributed by atoms with van der Waals surface area (Å²) in [6.07, 6.45) is 3.16. The molecule has 0 saturated carbocycles. The van der Waals surface area contributed by atoms with Crippen LogP contribution in [-0.4, -0.2) is 41.1 Å². The lowest BCUT2D eigenvalue weighted by atomic mass is 10.1. The molecule has 0 aliphatic carbocycles. The highest BCUT2D eigenvalue weighted by Crippen LogP contribution is 2.32. The van der Waals surface area contributed by atoms with E-state index in [1.54, 1.807) is 36.4 Å². The van der Waals surface area contributed by atoms with Crippen LogP contribution >= 0.6 is 23.2 Å². The second kappa shape index (κ2) is 7.07. The first-order valence-electron chi connectivity index (χ1n) is 9.39. The molecule has 5 rings (SSSR count). The van der Waals surface area contributed by atoms with Crippen LogP contribution in [0.2, 0.25) is 10.0 Å². The predicted octanol–water partition coefficient (Wildman–Crippen LogP) is 5.20. The van der Waals surface area contributed by atoms with Gasteiger partial charge in [-0.2, -0.15) is 0 Å². The molecule has 2 unspecified atom stereocenters. The monoisotopic (exact) mass is 416 g/mol. The molecule has 2 atom stereocenters. The van der Waals surface area contributed by atoms with Crippen LogP contribution in [-0.2, 0) is 4.74 Å². The van der Waals surface area contributed by atoms with E-state index >= 15 is 0 Å². The Morgan fingerprint density at radius 1 is 1.11 bits per heavy atom. The van der Waals surface area contributed by atoms with Crippen LogP contribution in [0.3, 0.4) is 0 Å². The molecular formula is C21H18Cl2N2O3. The average Bonchev–Trinajstić information content (AvgIpc) is 3.36. The highest BCUT2D eigenvalue weighted by atomic mass is 35.5. The molecule has 3 heterocycles. The van der Waals surface area contributed by atoms with Crippen LogP contribution in [0.25, 0.3) is 22.6 Å². The number of esters is 1. The quantitative estimate of drug-likeness (QED) is 0.549. The van der Waals surface area contributed by atoms with Gasteiger partial charge in [0, 0.05) is 28.2 Å². The zero-order valence-corrected chi connectivity index (χ0v) is 16.5. The Morgan fingerprint density at radius 2 is 1.93 bits per heavy atom. The molecule has 0 N–H and O–H groups in total. The molecule has 0 bridgehead atoms. The second-order valence-corrected chi connectivity index (χ2v) is 8.21. The summed E-state index contributed by atoms with van der Waals surface area (Å²) >= 11 is 12.1. The molecule has 2 aliphatic rings. The summed E-state index contributed by atoms with van der Waals surface area (Å²) in [6, 6.07) is 10.7. The first-order valence-corrected chi connectivity index (χ1v) is 10.1. The fourth-order valence-electron chi connectivity index (χ4n) is 4.23. The molecule has 2 aliphatic heterocycles. The molecule has 0 amide bonds. The number of hydrogen-bond acceptors (Lipinski definition) is 5. The van der Waals surface area contributed by atoms with Crippen molar-refractivity contribution in [3.8, 4) is 11.5 Å². The number of hydrogen-bond donors (Lipinski definition) is 0. The van der Waals surface area contributed by atoms with Crippen LogP contribution in [0.15, 0.2) is 40.8 Å². The van der Waals surface area contributed by atoms with Gasteiger partial charge in [-0.05, 0) is 62.2 Å². The van der Waals surface area contributed by atoms with Gasteiger partial charge in [0.25, 0.3) is 0 Å². The normalized spacial score (nSPS) is 21.9. The third-order valence-corrected chi connectivity index (χ3v) is 5.97. The molecule has 0 radical (unpaired) electrons. The minimum absolute atomic E-state index is 0.0235. The molecule has 0 spiro atoms. The first kappa shape index (κ1) is 18.0. The smallest absolute Gasteiger partial charge is 0.338 e. The van der Waals surface area contributed by atoms with Gasteiger partial charge in [-0.25, -0.2) is 9.78 Å². The van der Waals surface area contributed by atoms with Crippen LogP contribution in [0.4, 0.5) is 0 Å². The lowest BCUT2D eigenvalue weighted by Gasteiger charge is -2.20. The van der Waals surface area contributed by atoms with Crippen LogP contribution in [0.5, 0.6) is 0 Å². The Labute approximate surface area is 172 Å². The molecule has 7 heteroatoms. The number of carbonyl (C=O) groups excluding carboxylic acids is 1. The van der Waals surface area contributed by atoms with E-state index in [0.717, 1.165) is 25.9 Å². The van der Waals surface area contributed by atoms with Crippen molar-refractivity contribution >= 4 is 40.3 Å². The Hall–Kier alpha value is -2.08. The standard InChI is InChI=1S/C21H18Cl2N2O3/c22-14-8-13(9-15(23)11-14)20-24-16-4-3-12(10-19(16)27-20)21(26)28-18-5-7-25-6-1-2-17(18)25/h3-4,8-11,17-18H,1-2,5-7H2. The molecule has 2 fully saturated rings. The molecule has 5 nitrogen and oxygen atoms in total. The van der Waals surface area contributed by atoms with Gasteiger partial charge in [-0.3, -0.25) is 4.90 Å². The van der Waals surface area contributed by atoms with Gasteiger partial charge in [-0.1, -0.05) is 23.2 Å². The van der Waals surface area contributed by atoms with Crippen molar-refractivity contribution in [2.45, 2.75) is 31.4 Å². The van der Waals surface area contributed by atoms with Crippen molar-refractivity contribution in [3.63, 3.8) is 0 Å². The maximum atomic E-state index is 12.7. The van der Waals surface area contributed by atoms with Crippen molar-refractivity contribution in [2.24, 2.45) is 0 Å². The number of oxazole rings is 1. The Bertz CT molecular complexity index is 1040. The van der Waals surface area contributed by atoms with Crippen molar-refractivity contribution in [1.82, 2.24) is 9.88 Å². The largest absolute Gasteiger partial charge is 0.457 e. The SMILES string of the molecule is O=C(OC1CCN2CCCC12)c1ccc2nc(-c3cc(Cl)cc(Cl)c3)oc2c1. The van der Waals surface area contributed by atoms with Gasteiger partial charge in [0.15, 0.2) is 5.58 Å². The highest BCUT2D eigenvalue weighted by molar-refractivity contribution is 6.35. The zero-order chi connectivity index (χ0) is 19.3. The van der Waals surface area contributed by atoms with E-state index in [-0.39, 0.29) is 12.1 Å². The summed E-state index contributed by atoms with van der Waals surface area (Å²) in [5.74, 6) is 0.0895. The van der Waals surface area contributed by atoms with E-state index in [9.17, 15) is 4.79 Å². The van der Waals surface area contributed by atoms with Gasteiger partial charge in [-0.15, -0.1) is 0 Å². The maximum absolute atomic E-state index is 12.7. The number of benzene rings is 2. The topological polar surface area (TPSA) is 55.6 Å². The van der Waals surface area contributed by atoms with Crippen LogP contribution < -0.4 is 0 Å². The number of fused-ring (bicyclic) bond motifs is 2. The summed E-state index contributed by atoms with van der Waals surface area (Å²) < 4.78 is 11.7. The van der Waals surface area contributed by atoms with E-state index in [2.05, 4.69) is 9.88 Å². The number of aromatic nitrogens is 1. The Kier molecular flexibility index (Phi) is 4.54. The first-order chi connectivity index (χ1) is 13.6. The summed E-state index contributed by atoms with van der Waals surface area (Å²) in [4.78, 5) is 19.5. The van der Waals surface area contributed by atoms with Gasteiger partial charge in [0.05, 0.1) is 5.56 Å². The second-order valence-electron chi connectivity index (χ2n) is 7.34. The summed E-state index contributed by atoms with van der Waals surface area (Å²) in [6.45, 7) is 2.12. The van der Waals surface area contributed by atoms with Gasteiger partial charge >= 0.3 is 5.97 Å². The summed E-state index contributed by atoms with van der Waals surface area (Å²) in [5.41, 5.74) is 2.33. The van der Waals surface area contributed by atoms with E-state index in [4.69, 9.17) is 32.4 Å². The summed E-state index contributed by atoms with van der Waals surface area (Å²) in [5, 5.41) is 1.01. The van der Waals surface area contributed by atoms with Gasteiger partial charge in [0.2, 0.25) is 5.89 Å². The molecule has 28 heavy (non-hydrogen) atoms. The fourth-order valence-corrected chi connectivity index (χ4v) is 4.76. The molecular weight excluding hydrogens is 399 g/mol. The highest BCUT2D eigenvalue weighted by Gasteiger charge is 2.39. The zero-order valence-electron chi connectivity index (χ0n) is 15.0. The van der Waals surface area contributed by atoms with E-state index < -0.39 is 0 Å². The minimum Gasteiger partial charge on any atom is -0.457 e. The van der Waals surface area contributed by atoms with Crippen molar-refractivity contribution < 1.29 is 13.9 Å². The molecule has 2 saturated heterocycles. The van der Waals surface area contributed by atoms with Crippen molar-refractivity contribution in [1.29, 1.82) is 0 Å². The Balaban J connectivity index is 1.39. The van der Waals surface area contributed by atoms with Crippen LogP contribution in [0.1, 0.15) is 29.6 Å². The van der Waals surface area contributed by atoms with E-state index in [1.807, 2.05) is 0 Å². The van der Waals surface area contributed by atoms with E-state index in [0.29, 0.717) is 44.2 Å². The molecule has 144 valence electrons. The van der Waals surface area contributed by atoms with Crippen molar-refractivity contribution in [2.75, 3.05) is 13.1 Å². The lowest BCUT2D eigenvalue weighted by Crippen LogP contribution is -2.32. The number of halogens is 2. The molecule has 2 aromatic carbocycles. The number of nitrogens with zero attached hydrogens (tertiary/aromatic N) is 2. The number of ether oxygens (including phenoxy) is 1. The lowest BCUT2D eigenvalue weighted by molar-refractivity contribution is 0.0237. The Morgan fingerprint density at radius 3 is 2.75 bits per heavy atom. The third-order valence-electron chi connectivity index (χ3n) is 5.54. The van der Waals surface area contributed by atoms with Crippen molar-refractivity contribution in [3.05, 3.63) is 52.0 Å². The fraction of sp³-hybridized carbons (Fsp3) is 0.333.